The van der Waals surface area contributed by atoms with E-state index in [1.165, 1.54) is 4.68 Å². The van der Waals surface area contributed by atoms with E-state index in [-0.39, 0.29) is 6.54 Å². The van der Waals surface area contributed by atoms with Gasteiger partial charge in [0.05, 0.1) is 11.7 Å². The molecule has 0 unspecified atom stereocenters. The van der Waals surface area contributed by atoms with Crippen LogP contribution in [0.2, 0.25) is 5.02 Å². The van der Waals surface area contributed by atoms with E-state index in [2.05, 4.69) is 5.10 Å². The smallest absolute Gasteiger partial charge is 0.325 e. The van der Waals surface area contributed by atoms with Crippen molar-refractivity contribution in [3.05, 3.63) is 29.4 Å². The molecule has 14 heavy (non-hydrogen) atoms. The second-order valence-electron chi connectivity index (χ2n) is 2.90. The number of benzene rings is 1. The number of aliphatic carboxylic acids is 1. The molecule has 0 radical (unpaired) electrons. The Hall–Kier alpha value is -1.55. The lowest BCUT2D eigenvalue weighted by Gasteiger charge is -1.98. The van der Waals surface area contributed by atoms with Crippen molar-refractivity contribution in [3.8, 4) is 0 Å². The molecule has 1 aromatic carbocycles. The van der Waals surface area contributed by atoms with Crippen LogP contribution in [0, 0.1) is 0 Å². The maximum absolute atomic E-state index is 10.5. The van der Waals surface area contributed by atoms with Gasteiger partial charge in [0.15, 0.2) is 0 Å². The van der Waals surface area contributed by atoms with Crippen molar-refractivity contribution in [2.45, 2.75) is 6.54 Å². The highest BCUT2D eigenvalue weighted by Gasteiger charge is 2.05. The summed E-state index contributed by atoms with van der Waals surface area (Å²) in [6.07, 6.45) is 1.60. The number of carboxylic acid groups (broad SMARTS) is 1. The van der Waals surface area contributed by atoms with Crippen LogP contribution in [-0.2, 0) is 11.3 Å². The highest BCUT2D eigenvalue weighted by atomic mass is 35.5. The van der Waals surface area contributed by atoms with Crippen molar-refractivity contribution < 1.29 is 9.90 Å². The molecule has 0 fully saturated rings. The standard InChI is InChI=1S/C9H7ClN2O2/c10-7-1-2-8-6(3-7)4-11-12(8)5-9(13)14/h1-4H,5H2,(H,13,14). The van der Waals surface area contributed by atoms with E-state index in [9.17, 15) is 4.79 Å². The number of aromatic nitrogens is 2. The van der Waals surface area contributed by atoms with Crippen LogP contribution in [-0.4, -0.2) is 20.9 Å². The number of hydrogen-bond donors (Lipinski definition) is 1. The summed E-state index contributed by atoms with van der Waals surface area (Å²) in [6, 6.07) is 5.22. The molecular weight excluding hydrogens is 204 g/mol. The van der Waals surface area contributed by atoms with E-state index in [0.29, 0.717) is 5.02 Å². The number of nitrogens with zero attached hydrogens (tertiary/aromatic N) is 2. The molecule has 2 rings (SSSR count). The topological polar surface area (TPSA) is 55.1 Å². The number of rotatable bonds is 2. The van der Waals surface area contributed by atoms with Crippen molar-refractivity contribution in [1.82, 2.24) is 9.78 Å². The largest absolute Gasteiger partial charge is 0.480 e. The second-order valence-corrected chi connectivity index (χ2v) is 3.34. The maximum Gasteiger partial charge on any atom is 0.325 e. The van der Waals surface area contributed by atoms with E-state index in [4.69, 9.17) is 16.7 Å². The Morgan fingerprint density at radius 3 is 3.07 bits per heavy atom. The minimum atomic E-state index is -0.912. The lowest BCUT2D eigenvalue weighted by Crippen LogP contribution is -2.09. The summed E-state index contributed by atoms with van der Waals surface area (Å²) in [5.41, 5.74) is 0.775. The Kier molecular flexibility index (Phi) is 2.13. The number of halogens is 1. The third-order valence-electron chi connectivity index (χ3n) is 1.89. The molecule has 1 N–H and O–H groups in total. The first-order valence-corrected chi connectivity index (χ1v) is 4.37. The summed E-state index contributed by atoms with van der Waals surface area (Å²) < 4.78 is 1.42. The molecule has 0 bridgehead atoms. The van der Waals surface area contributed by atoms with Gasteiger partial charge in [0.25, 0.3) is 0 Å². The summed E-state index contributed by atoms with van der Waals surface area (Å²) in [7, 11) is 0. The average Bonchev–Trinajstić information content (AvgIpc) is 2.47. The number of carbonyl (C=O) groups is 1. The van der Waals surface area contributed by atoms with E-state index >= 15 is 0 Å². The first-order chi connectivity index (χ1) is 6.66. The van der Waals surface area contributed by atoms with Crippen LogP contribution in [0.3, 0.4) is 0 Å². The van der Waals surface area contributed by atoms with E-state index < -0.39 is 5.97 Å². The summed E-state index contributed by atoms with van der Waals surface area (Å²) >= 11 is 5.78. The number of carboxylic acids is 1. The van der Waals surface area contributed by atoms with Crippen molar-refractivity contribution >= 4 is 28.5 Å². The summed E-state index contributed by atoms with van der Waals surface area (Å²) in [5.74, 6) is -0.912. The highest BCUT2D eigenvalue weighted by Crippen LogP contribution is 2.18. The molecule has 0 aliphatic rings. The van der Waals surface area contributed by atoms with Gasteiger partial charge in [-0.1, -0.05) is 11.6 Å². The van der Waals surface area contributed by atoms with Crippen molar-refractivity contribution in [1.29, 1.82) is 0 Å². The zero-order chi connectivity index (χ0) is 10.1. The highest BCUT2D eigenvalue weighted by molar-refractivity contribution is 6.31. The van der Waals surface area contributed by atoms with Gasteiger partial charge in [-0.3, -0.25) is 9.48 Å². The normalized spacial score (nSPS) is 10.6. The average molecular weight is 211 g/mol. The van der Waals surface area contributed by atoms with Gasteiger partial charge in [-0.2, -0.15) is 5.10 Å². The molecule has 1 heterocycles. The number of fused-ring (bicyclic) bond motifs is 1. The molecule has 72 valence electrons. The van der Waals surface area contributed by atoms with E-state index in [0.717, 1.165) is 10.9 Å². The Bertz CT molecular complexity index is 493. The lowest BCUT2D eigenvalue weighted by molar-refractivity contribution is -0.137. The van der Waals surface area contributed by atoms with Crippen molar-refractivity contribution in [3.63, 3.8) is 0 Å². The molecular formula is C9H7ClN2O2. The lowest BCUT2D eigenvalue weighted by atomic mass is 10.2. The molecule has 0 spiro atoms. The molecule has 0 saturated heterocycles. The second kappa shape index (κ2) is 3.31. The van der Waals surface area contributed by atoms with Crippen LogP contribution in [0.4, 0.5) is 0 Å². The van der Waals surface area contributed by atoms with Crippen molar-refractivity contribution in [2.75, 3.05) is 0 Å². The van der Waals surface area contributed by atoms with Gasteiger partial charge >= 0.3 is 5.97 Å². The van der Waals surface area contributed by atoms with Crippen LogP contribution < -0.4 is 0 Å². The maximum atomic E-state index is 10.5. The van der Waals surface area contributed by atoms with Crippen LogP contribution >= 0.6 is 11.6 Å². The van der Waals surface area contributed by atoms with Gasteiger partial charge in [0.2, 0.25) is 0 Å². The molecule has 2 aromatic rings. The Balaban J connectivity index is 2.52. The predicted octanol–water partition coefficient (Wildman–Crippen LogP) is 1.77. The molecule has 4 nitrogen and oxygen atoms in total. The molecule has 5 heteroatoms. The van der Waals surface area contributed by atoms with Crippen LogP contribution in [0.1, 0.15) is 0 Å². The zero-order valence-electron chi connectivity index (χ0n) is 7.14. The molecule has 0 aliphatic carbocycles. The van der Waals surface area contributed by atoms with Gasteiger partial charge in [-0.15, -0.1) is 0 Å². The minimum absolute atomic E-state index is 0.134. The van der Waals surface area contributed by atoms with Crippen LogP contribution in [0.15, 0.2) is 24.4 Å². The molecule has 0 aliphatic heterocycles. The van der Waals surface area contributed by atoms with Gasteiger partial charge in [0.1, 0.15) is 6.54 Å². The molecule has 1 aromatic heterocycles. The monoisotopic (exact) mass is 210 g/mol. The molecule has 0 atom stereocenters. The fourth-order valence-corrected chi connectivity index (χ4v) is 1.49. The first kappa shape index (κ1) is 9.02. The quantitative estimate of drug-likeness (QED) is 0.822. The predicted molar refractivity (Wildman–Crippen MR) is 52.4 cm³/mol. The van der Waals surface area contributed by atoms with Gasteiger partial charge in [-0.25, -0.2) is 0 Å². The zero-order valence-corrected chi connectivity index (χ0v) is 7.90. The third kappa shape index (κ3) is 1.56. The number of hydrogen-bond acceptors (Lipinski definition) is 2. The summed E-state index contributed by atoms with van der Waals surface area (Å²) in [4.78, 5) is 10.5. The molecule has 0 amide bonds. The fraction of sp³-hybridized carbons (Fsp3) is 0.111. The first-order valence-electron chi connectivity index (χ1n) is 4.00. The van der Waals surface area contributed by atoms with Crippen LogP contribution in [0.25, 0.3) is 10.9 Å². The SMILES string of the molecule is O=C(O)Cn1ncc2cc(Cl)ccc21. The Morgan fingerprint density at radius 2 is 2.36 bits per heavy atom. The van der Waals surface area contributed by atoms with Gasteiger partial charge in [0, 0.05) is 10.4 Å². The minimum Gasteiger partial charge on any atom is -0.480 e. The van der Waals surface area contributed by atoms with Gasteiger partial charge in [-0.05, 0) is 18.2 Å². The molecule has 0 saturated carbocycles. The Morgan fingerprint density at radius 1 is 1.57 bits per heavy atom. The third-order valence-corrected chi connectivity index (χ3v) is 2.12. The van der Waals surface area contributed by atoms with E-state index in [1.807, 2.05) is 0 Å². The van der Waals surface area contributed by atoms with Crippen LogP contribution in [0.5, 0.6) is 0 Å². The van der Waals surface area contributed by atoms with Gasteiger partial charge < -0.3 is 5.11 Å². The van der Waals surface area contributed by atoms with E-state index in [1.54, 1.807) is 24.4 Å². The summed E-state index contributed by atoms with van der Waals surface area (Å²) in [6.45, 7) is -0.134. The van der Waals surface area contributed by atoms with Crippen molar-refractivity contribution in [2.24, 2.45) is 0 Å². The Labute approximate surface area is 84.7 Å². The fourth-order valence-electron chi connectivity index (χ4n) is 1.31. The summed E-state index contributed by atoms with van der Waals surface area (Å²) in [5, 5.41) is 14.0.